The summed E-state index contributed by atoms with van der Waals surface area (Å²) in [6, 6.07) is 0. The molecule has 4 heterocycles. The quantitative estimate of drug-likeness (QED) is 0.467. The van der Waals surface area contributed by atoms with Crippen molar-refractivity contribution in [1.29, 1.82) is 0 Å². The largest absolute Gasteiger partial charge is 0.370 e. The van der Waals surface area contributed by atoms with Gasteiger partial charge in [-0.05, 0) is 31.6 Å². The van der Waals surface area contributed by atoms with Crippen LogP contribution in [0.1, 0.15) is 50.9 Å². The summed E-state index contributed by atoms with van der Waals surface area (Å²) in [4.78, 5) is 15.3. The van der Waals surface area contributed by atoms with Gasteiger partial charge in [0.1, 0.15) is 16.2 Å². The molecule has 0 fully saturated rings. The van der Waals surface area contributed by atoms with Crippen molar-refractivity contribution in [3.63, 3.8) is 0 Å². The third-order valence-electron chi connectivity index (χ3n) is 4.65. The second kappa shape index (κ2) is 6.49. The fraction of sp³-hybridized carbons (Fsp3) is 0.526. The van der Waals surface area contributed by atoms with Crippen LogP contribution >= 0.6 is 23.1 Å². The topological polar surface area (TPSA) is 47.9 Å². The summed E-state index contributed by atoms with van der Waals surface area (Å²) in [5.41, 5.74) is 4.80. The van der Waals surface area contributed by atoms with Crippen molar-refractivity contribution in [3.05, 3.63) is 23.1 Å². The number of aromatic nitrogens is 3. The van der Waals surface area contributed by atoms with Crippen LogP contribution in [0.3, 0.4) is 0 Å². The van der Waals surface area contributed by atoms with E-state index in [2.05, 4.69) is 37.7 Å². The number of rotatable bonds is 4. The van der Waals surface area contributed by atoms with Gasteiger partial charge in [0, 0.05) is 23.1 Å². The van der Waals surface area contributed by atoms with E-state index in [0.717, 1.165) is 40.4 Å². The summed E-state index contributed by atoms with van der Waals surface area (Å²) in [6.07, 6.45) is 4.70. The van der Waals surface area contributed by atoms with Gasteiger partial charge in [0.05, 0.1) is 22.4 Å². The zero-order chi connectivity index (χ0) is 17.6. The van der Waals surface area contributed by atoms with Gasteiger partial charge < -0.3 is 4.74 Å². The first-order valence-electron chi connectivity index (χ1n) is 8.88. The van der Waals surface area contributed by atoms with Crippen LogP contribution in [0, 0.1) is 0 Å². The van der Waals surface area contributed by atoms with Gasteiger partial charge in [0.2, 0.25) is 0 Å². The van der Waals surface area contributed by atoms with Gasteiger partial charge in [0.25, 0.3) is 0 Å². The molecule has 1 aliphatic rings. The molecule has 4 rings (SSSR count). The number of fused-ring (bicyclic) bond motifs is 5. The molecular weight excluding hydrogens is 350 g/mol. The molecule has 0 spiro atoms. The maximum absolute atomic E-state index is 6.11. The Balaban J connectivity index is 2.05. The van der Waals surface area contributed by atoms with Crippen LogP contribution in [0.2, 0.25) is 0 Å². The first-order valence-corrected chi connectivity index (χ1v) is 10.7. The molecule has 3 aromatic heterocycles. The maximum atomic E-state index is 6.11. The summed E-state index contributed by atoms with van der Waals surface area (Å²) in [5.74, 6) is 1.01. The van der Waals surface area contributed by atoms with Gasteiger partial charge in [-0.3, -0.25) is 0 Å². The van der Waals surface area contributed by atoms with Gasteiger partial charge >= 0.3 is 0 Å². The molecule has 0 unspecified atom stereocenters. The maximum Gasteiger partial charge on any atom is 0.126 e. The lowest BCUT2D eigenvalue weighted by molar-refractivity contribution is -0.0401. The first kappa shape index (κ1) is 17.2. The van der Waals surface area contributed by atoms with Gasteiger partial charge in [-0.2, -0.15) is 0 Å². The summed E-state index contributed by atoms with van der Waals surface area (Å²) >= 11 is 3.52. The SMILES string of the molecule is CCCc1nc2sc3c(SCC)ncnc3c2c2c1COC(C)(C)C2. The van der Waals surface area contributed by atoms with E-state index in [1.165, 1.54) is 26.9 Å². The fourth-order valence-electron chi connectivity index (χ4n) is 3.54. The number of aryl methyl sites for hydroxylation is 1. The Morgan fingerprint density at radius 1 is 1.24 bits per heavy atom. The highest BCUT2D eigenvalue weighted by atomic mass is 32.2. The molecule has 0 aliphatic carbocycles. The van der Waals surface area contributed by atoms with E-state index >= 15 is 0 Å². The van der Waals surface area contributed by atoms with Crippen LogP contribution in [0.15, 0.2) is 11.4 Å². The molecule has 132 valence electrons. The van der Waals surface area contributed by atoms with Gasteiger partial charge in [-0.15, -0.1) is 23.1 Å². The summed E-state index contributed by atoms with van der Waals surface area (Å²) < 4.78 is 7.28. The van der Waals surface area contributed by atoms with Crippen molar-refractivity contribution in [2.75, 3.05) is 5.75 Å². The van der Waals surface area contributed by atoms with Crippen LogP contribution in [0.4, 0.5) is 0 Å². The standard InChI is InChI=1S/C19H23N3OS2/c1-5-7-13-12-9-23-19(3,4)8-11(12)14-15-16(25-17(14)22-13)18(24-6-2)21-10-20-15/h10H,5-9H2,1-4H3. The van der Waals surface area contributed by atoms with Gasteiger partial charge in [0.15, 0.2) is 0 Å². The molecule has 0 radical (unpaired) electrons. The van der Waals surface area contributed by atoms with Crippen molar-refractivity contribution in [2.45, 2.75) is 64.2 Å². The Morgan fingerprint density at radius 3 is 2.84 bits per heavy atom. The summed E-state index contributed by atoms with van der Waals surface area (Å²) in [6.45, 7) is 9.36. The van der Waals surface area contributed by atoms with Crippen molar-refractivity contribution in [1.82, 2.24) is 15.0 Å². The van der Waals surface area contributed by atoms with Gasteiger partial charge in [-0.25, -0.2) is 15.0 Å². The highest BCUT2D eigenvalue weighted by Gasteiger charge is 2.31. The number of thiophene rings is 1. The van der Waals surface area contributed by atoms with E-state index in [9.17, 15) is 0 Å². The minimum atomic E-state index is -0.146. The molecular formula is C19H23N3OS2. The molecule has 6 heteroatoms. The van der Waals surface area contributed by atoms with Crippen molar-refractivity contribution >= 4 is 43.5 Å². The molecule has 0 bridgehead atoms. The predicted octanol–water partition coefficient (Wildman–Crippen LogP) is 5.16. The molecule has 3 aromatic rings. The van der Waals surface area contributed by atoms with Crippen molar-refractivity contribution in [2.24, 2.45) is 0 Å². The van der Waals surface area contributed by atoms with E-state index in [-0.39, 0.29) is 5.60 Å². The molecule has 0 N–H and O–H groups in total. The Kier molecular flexibility index (Phi) is 4.46. The Labute approximate surface area is 156 Å². The zero-order valence-electron chi connectivity index (χ0n) is 15.2. The van der Waals surface area contributed by atoms with E-state index in [1.807, 2.05) is 0 Å². The lowest BCUT2D eigenvalue weighted by Crippen LogP contribution is -2.32. The summed E-state index contributed by atoms with van der Waals surface area (Å²) in [7, 11) is 0. The minimum Gasteiger partial charge on any atom is -0.370 e. The van der Waals surface area contributed by atoms with E-state index in [4.69, 9.17) is 9.72 Å². The van der Waals surface area contributed by atoms with E-state index in [1.54, 1.807) is 29.4 Å². The molecule has 0 saturated heterocycles. The highest BCUT2D eigenvalue weighted by molar-refractivity contribution is 7.99. The van der Waals surface area contributed by atoms with Crippen LogP contribution in [0.25, 0.3) is 20.4 Å². The Morgan fingerprint density at radius 2 is 2.08 bits per heavy atom. The lowest BCUT2D eigenvalue weighted by atomic mass is 9.88. The molecule has 0 atom stereocenters. The molecule has 0 amide bonds. The number of nitrogens with zero attached hydrogens (tertiary/aromatic N) is 3. The monoisotopic (exact) mass is 373 g/mol. The van der Waals surface area contributed by atoms with Crippen LogP contribution in [0.5, 0.6) is 0 Å². The number of hydrogen-bond donors (Lipinski definition) is 0. The predicted molar refractivity (Wildman–Crippen MR) is 106 cm³/mol. The van der Waals surface area contributed by atoms with E-state index in [0.29, 0.717) is 6.61 Å². The average molecular weight is 374 g/mol. The smallest absolute Gasteiger partial charge is 0.126 e. The van der Waals surface area contributed by atoms with Crippen LogP contribution in [-0.2, 0) is 24.2 Å². The van der Waals surface area contributed by atoms with Crippen LogP contribution < -0.4 is 0 Å². The Hall–Kier alpha value is -1.24. The molecule has 4 nitrogen and oxygen atoms in total. The molecule has 1 aliphatic heterocycles. The first-order chi connectivity index (χ1) is 12.0. The molecule has 25 heavy (non-hydrogen) atoms. The zero-order valence-corrected chi connectivity index (χ0v) is 16.8. The molecule has 0 saturated carbocycles. The van der Waals surface area contributed by atoms with E-state index < -0.39 is 0 Å². The third kappa shape index (κ3) is 2.94. The second-order valence-electron chi connectivity index (χ2n) is 7.06. The van der Waals surface area contributed by atoms with Crippen molar-refractivity contribution < 1.29 is 4.74 Å². The number of ether oxygens (including phenoxy) is 1. The second-order valence-corrected chi connectivity index (χ2v) is 9.31. The fourth-order valence-corrected chi connectivity index (χ4v) is 5.52. The normalized spacial score (nSPS) is 16.5. The third-order valence-corrected chi connectivity index (χ3v) is 6.73. The lowest BCUT2D eigenvalue weighted by Gasteiger charge is -2.33. The number of thioether (sulfide) groups is 1. The molecule has 0 aromatic carbocycles. The minimum absolute atomic E-state index is 0.146. The average Bonchev–Trinajstić information content (AvgIpc) is 2.94. The number of hydrogen-bond acceptors (Lipinski definition) is 6. The van der Waals surface area contributed by atoms with Gasteiger partial charge in [-0.1, -0.05) is 20.3 Å². The highest BCUT2D eigenvalue weighted by Crippen LogP contribution is 2.42. The number of pyridine rings is 1. The summed E-state index contributed by atoms with van der Waals surface area (Å²) in [5, 5.41) is 2.30. The Bertz CT molecular complexity index is 949. The van der Waals surface area contributed by atoms with Crippen molar-refractivity contribution in [3.8, 4) is 0 Å². The van der Waals surface area contributed by atoms with Crippen LogP contribution in [-0.4, -0.2) is 26.3 Å².